The van der Waals surface area contributed by atoms with E-state index in [1.807, 2.05) is 31.2 Å². The molecule has 0 aliphatic heterocycles. The first-order valence-corrected chi connectivity index (χ1v) is 13.0. The number of benzene rings is 1. The molecule has 35 heavy (non-hydrogen) atoms. The summed E-state index contributed by atoms with van der Waals surface area (Å²) in [6.45, 7) is 2.61. The van der Waals surface area contributed by atoms with E-state index in [1.165, 1.54) is 22.7 Å². The van der Waals surface area contributed by atoms with Gasteiger partial charge in [0.25, 0.3) is 0 Å². The van der Waals surface area contributed by atoms with Gasteiger partial charge in [-0.3, -0.25) is 9.78 Å². The molecule has 1 atom stereocenters. The first-order valence-electron chi connectivity index (χ1n) is 11.3. The predicted molar refractivity (Wildman–Crippen MR) is 133 cm³/mol. The second kappa shape index (κ2) is 11.8. The third-order valence-electron chi connectivity index (χ3n) is 5.56. The minimum absolute atomic E-state index is 0.129. The normalized spacial score (nSPS) is 14.5. The monoisotopic (exact) mass is 511 g/mol. The van der Waals surface area contributed by atoms with Gasteiger partial charge in [-0.25, -0.2) is 4.79 Å². The molecule has 1 amide bonds. The molecule has 2 heterocycles. The molecule has 182 valence electrons. The van der Waals surface area contributed by atoms with E-state index < -0.39 is 6.16 Å². The number of nitriles is 1. The summed E-state index contributed by atoms with van der Waals surface area (Å²) in [5, 5.41) is 13.2. The fourth-order valence-electron chi connectivity index (χ4n) is 3.92. The fraction of sp³-hybridized carbons (Fsp3) is 0.360. The quantitative estimate of drug-likeness (QED) is 0.390. The van der Waals surface area contributed by atoms with Crippen LogP contribution in [0.1, 0.15) is 46.2 Å². The number of fused-ring (bicyclic) bond motifs is 1. The van der Waals surface area contributed by atoms with Crippen molar-refractivity contribution in [2.75, 3.05) is 11.9 Å². The molecule has 0 radical (unpaired) electrons. The highest BCUT2D eigenvalue weighted by molar-refractivity contribution is 7.16. The van der Waals surface area contributed by atoms with Gasteiger partial charge in [0.15, 0.2) is 0 Å². The summed E-state index contributed by atoms with van der Waals surface area (Å²) in [7, 11) is 0. The van der Waals surface area contributed by atoms with Crippen LogP contribution in [0.2, 0.25) is 0 Å². The summed E-state index contributed by atoms with van der Waals surface area (Å²) >= 11 is 2.78. The van der Waals surface area contributed by atoms with Gasteiger partial charge in [-0.15, -0.1) is 22.7 Å². The van der Waals surface area contributed by atoms with Crippen molar-refractivity contribution in [1.82, 2.24) is 4.98 Å². The lowest BCUT2D eigenvalue weighted by molar-refractivity contribution is -0.116. The summed E-state index contributed by atoms with van der Waals surface area (Å²) < 4.78 is 16.3. The van der Waals surface area contributed by atoms with Crippen LogP contribution in [0.4, 0.5) is 9.80 Å². The lowest BCUT2D eigenvalue weighted by Gasteiger charge is -2.21. The number of rotatable bonds is 9. The Bertz CT molecular complexity index is 1220. The van der Waals surface area contributed by atoms with Gasteiger partial charge in [0.2, 0.25) is 5.91 Å². The Labute approximate surface area is 211 Å². The van der Waals surface area contributed by atoms with Gasteiger partial charge < -0.3 is 19.5 Å². The molecular weight excluding hydrogens is 486 g/mol. The summed E-state index contributed by atoms with van der Waals surface area (Å²) in [4.78, 5) is 30.5. The van der Waals surface area contributed by atoms with Gasteiger partial charge in [0, 0.05) is 23.9 Å². The van der Waals surface area contributed by atoms with Gasteiger partial charge in [-0.1, -0.05) is 18.2 Å². The Morgan fingerprint density at radius 1 is 1.31 bits per heavy atom. The van der Waals surface area contributed by atoms with E-state index in [-0.39, 0.29) is 25.0 Å². The standard InChI is InChI=1S/C25H25N3O5S2/c1-2-31-21-6-4-3-5-16(21)7-10-23(29)28-24-20(12-26)19-9-8-17(11-22(19)35-24)33-25(30)32-14-18-13-27-15-34-18/h3-6,13,15,17H,2,7-11,14H2,1H3,(H,28,29). The van der Waals surface area contributed by atoms with Crippen LogP contribution in [0.5, 0.6) is 5.75 Å². The van der Waals surface area contributed by atoms with Crippen LogP contribution in [0, 0.1) is 11.3 Å². The van der Waals surface area contributed by atoms with Crippen molar-refractivity contribution in [3.8, 4) is 11.8 Å². The average molecular weight is 512 g/mol. The van der Waals surface area contributed by atoms with Crippen molar-refractivity contribution in [2.24, 2.45) is 0 Å². The zero-order valence-corrected chi connectivity index (χ0v) is 20.9. The molecule has 0 bridgehead atoms. The van der Waals surface area contributed by atoms with Crippen molar-refractivity contribution in [3.63, 3.8) is 0 Å². The second-order valence-electron chi connectivity index (χ2n) is 7.90. The zero-order chi connectivity index (χ0) is 24.6. The number of para-hydroxylation sites is 1. The molecule has 1 N–H and O–H groups in total. The Morgan fingerprint density at radius 2 is 2.17 bits per heavy atom. The Morgan fingerprint density at radius 3 is 2.94 bits per heavy atom. The number of carbonyl (C=O) groups is 2. The van der Waals surface area contributed by atoms with E-state index in [1.54, 1.807) is 11.7 Å². The lowest BCUT2D eigenvalue weighted by atomic mass is 9.94. The van der Waals surface area contributed by atoms with Crippen molar-refractivity contribution in [1.29, 1.82) is 5.26 Å². The van der Waals surface area contributed by atoms with E-state index >= 15 is 0 Å². The highest BCUT2D eigenvalue weighted by atomic mass is 32.1. The molecule has 1 aliphatic carbocycles. The van der Waals surface area contributed by atoms with Crippen LogP contribution < -0.4 is 10.1 Å². The number of hydrogen-bond acceptors (Lipinski definition) is 9. The topological polar surface area (TPSA) is 111 Å². The van der Waals surface area contributed by atoms with Crippen molar-refractivity contribution in [3.05, 3.63) is 62.4 Å². The zero-order valence-electron chi connectivity index (χ0n) is 19.2. The highest BCUT2D eigenvalue weighted by Crippen LogP contribution is 2.38. The summed E-state index contributed by atoms with van der Waals surface area (Å²) in [5.74, 6) is 0.620. The van der Waals surface area contributed by atoms with Crippen LogP contribution >= 0.6 is 22.7 Å². The van der Waals surface area contributed by atoms with Gasteiger partial charge in [-0.2, -0.15) is 5.26 Å². The smallest absolute Gasteiger partial charge is 0.494 e. The van der Waals surface area contributed by atoms with Crippen LogP contribution in [0.3, 0.4) is 0 Å². The molecule has 0 spiro atoms. The van der Waals surface area contributed by atoms with Gasteiger partial charge >= 0.3 is 6.16 Å². The van der Waals surface area contributed by atoms with Gasteiger partial charge in [-0.05, 0) is 43.4 Å². The Hall–Kier alpha value is -3.42. The number of anilines is 1. The minimum Gasteiger partial charge on any atom is -0.494 e. The molecule has 0 saturated heterocycles. The van der Waals surface area contributed by atoms with Crippen LogP contribution in [-0.2, 0) is 40.1 Å². The lowest BCUT2D eigenvalue weighted by Crippen LogP contribution is -2.25. The predicted octanol–water partition coefficient (Wildman–Crippen LogP) is 5.26. The SMILES string of the molecule is CCOc1ccccc1CCC(=O)Nc1sc2c(c1C#N)CCC(OC(=O)OCc1cncs1)C2. The maximum absolute atomic E-state index is 12.7. The highest BCUT2D eigenvalue weighted by Gasteiger charge is 2.29. The molecule has 2 aromatic heterocycles. The molecule has 10 heteroatoms. The Kier molecular flexibility index (Phi) is 8.34. The number of thiazole rings is 1. The van der Waals surface area contributed by atoms with Crippen molar-refractivity contribution in [2.45, 2.75) is 51.7 Å². The average Bonchev–Trinajstić information content (AvgIpc) is 3.49. The third-order valence-corrected chi connectivity index (χ3v) is 7.48. The van der Waals surface area contributed by atoms with E-state index in [0.717, 1.165) is 26.6 Å². The number of nitrogens with zero attached hydrogens (tertiary/aromatic N) is 2. The largest absolute Gasteiger partial charge is 0.508 e. The first kappa shape index (κ1) is 24.7. The van der Waals surface area contributed by atoms with E-state index in [2.05, 4.69) is 16.4 Å². The van der Waals surface area contributed by atoms with Crippen LogP contribution in [0.25, 0.3) is 0 Å². The molecule has 0 fully saturated rings. The molecule has 3 aromatic rings. The van der Waals surface area contributed by atoms with E-state index in [4.69, 9.17) is 14.2 Å². The van der Waals surface area contributed by atoms with E-state index in [0.29, 0.717) is 42.9 Å². The molecule has 1 aromatic carbocycles. The van der Waals surface area contributed by atoms with Crippen LogP contribution in [0.15, 0.2) is 36.0 Å². The number of amides is 1. The minimum atomic E-state index is -0.718. The summed E-state index contributed by atoms with van der Waals surface area (Å²) in [6, 6.07) is 9.91. The molecular formula is C25H25N3O5S2. The third kappa shape index (κ3) is 6.38. The van der Waals surface area contributed by atoms with E-state index in [9.17, 15) is 14.9 Å². The number of carbonyl (C=O) groups excluding carboxylic acids is 2. The molecule has 8 nitrogen and oxygen atoms in total. The second-order valence-corrected chi connectivity index (χ2v) is 9.97. The number of aromatic nitrogens is 1. The number of ether oxygens (including phenoxy) is 3. The molecule has 0 saturated carbocycles. The fourth-order valence-corrected chi connectivity index (χ4v) is 5.70. The van der Waals surface area contributed by atoms with Crippen LogP contribution in [-0.4, -0.2) is 29.8 Å². The molecule has 4 rings (SSSR count). The summed E-state index contributed by atoms with van der Waals surface area (Å²) in [5.41, 5.74) is 4.07. The Balaban J connectivity index is 1.33. The van der Waals surface area contributed by atoms with Crippen molar-refractivity contribution >= 4 is 39.7 Å². The first-order chi connectivity index (χ1) is 17.1. The molecule has 1 aliphatic rings. The van der Waals surface area contributed by atoms with Crippen molar-refractivity contribution < 1.29 is 23.8 Å². The number of thiophene rings is 1. The van der Waals surface area contributed by atoms with Gasteiger partial charge in [0.05, 0.1) is 22.6 Å². The number of nitrogens with one attached hydrogen (secondary N) is 1. The summed E-state index contributed by atoms with van der Waals surface area (Å²) in [6.07, 6.45) is 3.08. The number of aryl methyl sites for hydroxylation is 1. The maximum Gasteiger partial charge on any atom is 0.508 e. The maximum atomic E-state index is 12.7. The molecule has 1 unspecified atom stereocenters. The van der Waals surface area contributed by atoms with Gasteiger partial charge in [0.1, 0.15) is 29.5 Å². The number of hydrogen-bond donors (Lipinski definition) is 1.